The van der Waals surface area contributed by atoms with Gasteiger partial charge in [0.1, 0.15) is 0 Å². The van der Waals surface area contributed by atoms with Gasteiger partial charge in [0, 0.05) is 0 Å². The predicted molar refractivity (Wildman–Crippen MR) is 52.6 cm³/mol. The Bertz CT molecular complexity index is 159. The number of hydrogen-bond donors (Lipinski definition) is 1. The van der Waals surface area contributed by atoms with E-state index in [1.54, 1.807) is 0 Å². The van der Waals surface area contributed by atoms with Gasteiger partial charge in [-0.25, -0.2) is 0 Å². The summed E-state index contributed by atoms with van der Waals surface area (Å²) in [5, 5.41) is 9.06. The van der Waals surface area contributed by atoms with Crippen molar-refractivity contribution in [3.63, 3.8) is 0 Å². The molecule has 13 heavy (non-hydrogen) atoms. The second kappa shape index (κ2) is 5.25. The van der Waals surface area contributed by atoms with E-state index in [4.69, 9.17) is 5.11 Å². The van der Waals surface area contributed by atoms with Crippen molar-refractivity contribution >= 4 is 5.97 Å². The van der Waals surface area contributed by atoms with Gasteiger partial charge in [0.15, 0.2) is 0 Å². The molecule has 0 aromatic heterocycles. The van der Waals surface area contributed by atoms with Crippen LogP contribution >= 0.6 is 0 Å². The molecule has 1 aliphatic rings. The molecule has 0 aliphatic heterocycles. The SMILES string of the molecule is CCCCC(C(=O)O)C1CCCC1. The first-order chi connectivity index (χ1) is 6.25. The van der Waals surface area contributed by atoms with E-state index in [2.05, 4.69) is 6.92 Å². The van der Waals surface area contributed by atoms with E-state index in [1.807, 2.05) is 0 Å². The lowest BCUT2D eigenvalue weighted by atomic mass is 9.87. The summed E-state index contributed by atoms with van der Waals surface area (Å²) in [5.74, 6) is -0.146. The first-order valence-electron chi connectivity index (χ1n) is 5.48. The fraction of sp³-hybridized carbons (Fsp3) is 0.909. The molecule has 0 radical (unpaired) electrons. The molecular formula is C11H20O2. The van der Waals surface area contributed by atoms with Gasteiger partial charge in [0.2, 0.25) is 0 Å². The van der Waals surface area contributed by atoms with Gasteiger partial charge in [-0.3, -0.25) is 4.79 Å². The molecule has 0 heterocycles. The number of unbranched alkanes of at least 4 members (excludes halogenated alkanes) is 1. The summed E-state index contributed by atoms with van der Waals surface area (Å²) in [4.78, 5) is 11.0. The van der Waals surface area contributed by atoms with E-state index in [9.17, 15) is 4.79 Å². The minimum atomic E-state index is -0.569. The summed E-state index contributed by atoms with van der Waals surface area (Å²) in [6, 6.07) is 0. The standard InChI is InChI=1S/C11H20O2/c1-2-3-8-10(11(12)13)9-6-4-5-7-9/h9-10H,2-8H2,1H3,(H,12,13). The Morgan fingerprint density at radius 3 is 2.54 bits per heavy atom. The maximum absolute atomic E-state index is 11.0. The minimum Gasteiger partial charge on any atom is -0.481 e. The zero-order chi connectivity index (χ0) is 9.68. The van der Waals surface area contributed by atoms with Gasteiger partial charge in [-0.2, -0.15) is 0 Å². The molecule has 0 saturated heterocycles. The van der Waals surface area contributed by atoms with Crippen LogP contribution in [0.3, 0.4) is 0 Å². The summed E-state index contributed by atoms with van der Waals surface area (Å²) < 4.78 is 0. The van der Waals surface area contributed by atoms with Gasteiger partial charge >= 0.3 is 5.97 Å². The number of rotatable bonds is 5. The van der Waals surface area contributed by atoms with Crippen molar-refractivity contribution < 1.29 is 9.90 Å². The fourth-order valence-electron chi connectivity index (χ4n) is 2.34. The average molecular weight is 184 g/mol. The van der Waals surface area contributed by atoms with E-state index in [1.165, 1.54) is 12.8 Å². The van der Waals surface area contributed by atoms with E-state index < -0.39 is 5.97 Å². The number of hydrogen-bond acceptors (Lipinski definition) is 1. The maximum Gasteiger partial charge on any atom is 0.306 e. The highest BCUT2D eigenvalue weighted by atomic mass is 16.4. The van der Waals surface area contributed by atoms with Gasteiger partial charge in [-0.1, -0.05) is 32.6 Å². The lowest BCUT2D eigenvalue weighted by molar-refractivity contribution is -0.144. The highest BCUT2D eigenvalue weighted by Crippen LogP contribution is 2.34. The summed E-state index contributed by atoms with van der Waals surface area (Å²) >= 11 is 0. The Labute approximate surface area is 80.3 Å². The Balaban J connectivity index is 2.40. The Morgan fingerprint density at radius 2 is 2.08 bits per heavy atom. The molecule has 1 aliphatic carbocycles. The molecule has 1 rings (SSSR count). The summed E-state index contributed by atoms with van der Waals surface area (Å²) in [5.41, 5.74) is 0. The van der Waals surface area contributed by atoms with Gasteiger partial charge in [-0.05, 0) is 25.2 Å². The van der Waals surface area contributed by atoms with Gasteiger partial charge in [-0.15, -0.1) is 0 Å². The third-order valence-corrected chi connectivity index (χ3v) is 3.15. The van der Waals surface area contributed by atoms with E-state index in [0.717, 1.165) is 32.1 Å². The van der Waals surface area contributed by atoms with Gasteiger partial charge < -0.3 is 5.11 Å². The van der Waals surface area contributed by atoms with Crippen molar-refractivity contribution in [1.82, 2.24) is 0 Å². The second-order valence-electron chi connectivity index (χ2n) is 4.13. The summed E-state index contributed by atoms with van der Waals surface area (Å²) in [6.07, 6.45) is 7.81. The molecule has 0 aromatic rings. The van der Waals surface area contributed by atoms with Crippen LogP contribution in [0.1, 0.15) is 51.9 Å². The molecule has 1 fully saturated rings. The largest absolute Gasteiger partial charge is 0.481 e. The van der Waals surface area contributed by atoms with Crippen LogP contribution in [0, 0.1) is 11.8 Å². The highest BCUT2D eigenvalue weighted by Gasteiger charge is 2.29. The summed E-state index contributed by atoms with van der Waals surface area (Å²) in [6.45, 7) is 2.12. The molecule has 1 atom stereocenters. The van der Waals surface area contributed by atoms with Gasteiger partial charge in [0.25, 0.3) is 0 Å². The van der Waals surface area contributed by atoms with Crippen LogP contribution in [0.25, 0.3) is 0 Å². The molecule has 1 N–H and O–H groups in total. The molecule has 2 nitrogen and oxygen atoms in total. The summed E-state index contributed by atoms with van der Waals surface area (Å²) in [7, 11) is 0. The Morgan fingerprint density at radius 1 is 1.46 bits per heavy atom. The molecule has 2 heteroatoms. The zero-order valence-corrected chi connectivity index (χ0v) is 8.46. The maximum atomic E-state index is 11.0. The van der Waals surface area contributed by atoms with Crippen LogP contribution in [-0.2, 0) is 4.79 Å². The van der Waals surface area contributed by atoms with Crippen molar-refractivity contribution in [2.45, 2.75) is 51.9 Å². The Hall–Kier alpha value is -0.530. The van der Waals surface area contributed by atoms with Crippen LogP contribution in [0.15, 0.2) is 0 Å². The van der Waals surface area contributed by atoms with Crippen LogP contribution < -0.4 is 0 Å². The molecule has 1 saturated carbocycles. The second-order valence-corrected chi connectivity index (χ2v) is 4.13. The normalized spacial score (nSPS) is 20.4. The predicted octanol–water partition coefficient (Wildman–Crippen LogP) is 3.07. The monoisotopic (exact) mass is 184 g/mol. The molecule has 0 aromatic carbocycles. The third kappa shape index (κ3) is 3.02. The molecule has 0 bridgehead atoms. The van der Waals surface area contributed by atoms with Crippen LogP contribution in [0.2, 0.25) is 0 Å². The number of carbonyl (C=O) groups is 1. The van der Waals surface area contributed by atoms with Crippen molar-refractivity contribution in [1.29, 1.82) is 0 Å². The van der Waals surface area contributed by atoms with E-state index in [-0.39, 0.29) is 5.92 Å². The van der Waals surface area contributed by atoms with Crippen molar-refractivity contribution in [3.05, 3.63) is 0 Å². The molecule has 0 spiro atoms. The molecule has 1 unspecified atom stereocenters. The number of carboxylic acid groups (broad SMARTS) is 1. The first-order valence-corrected chi connectivity index (χ1v) is 5.48. The Kier molecular flexibility index (Phi) is 4.26. The van der Waals surface area contributed by atoms with E-state index in [0.29, 0.717) is 5.92 Å². The molecular weight excluding hydrogens is 164 g/mol. The average Bonchev–Trinajstić information content (AvgIpc) is 2.57. The van der Waals surface area contributed by atoms with Crippen LogP contribution in [0.5, 0.6) is 0 Å². The van der Waals surface area contributed by atoms with E-state index >= 15 is 0 Å². The van der Waals surface area contributed by atoms with Crippen molar-refractivity contribution in [3.8, 4) is 0 Å². The first kappa shape index (κ1) is 10.6. The molecule has 76 valence electrons. The lowest BCUT2D eigenvalue weighted by Crippen LogP contribution is -2.21. The van der Waals surface area contributed by atoms with Crippen molar-refractivity contribution in [2.24, 2.45) is 11.8 Å². The zero-order valence-electron chi connectivity index (χ0n) is 8.46. The lowest BCUT2D eigenvalue weighted by Gasteiger charge is -2.18. The highest BCUT2D eigenvalue weighted by molar-refractivity contribution is 5.70. The van der Waals surface area contributed by atoms with Crippen molar-refractivity contribution in [2.75, 3.05) is 0 Å². The fourth-order valence-corrected chi connectivity index (χ4v) is 2.34. The van der Waals surface area contributed by atoms with Crippen LogP contribution in [-0.4, -0.2) is 11.1 Å². The minimum absolute atomic E-state index is 0.0533. The molecule has 0 amide bonds. The van der Waals surface area contributed by atoms with Crippen LogP contribution in [0.4, 0.5) is 0 Å². The smallest absolute Gasteiger partial charge is 0.306 e. The third-order valence-electron chi connectivity index (χ3n) is 3.15. The topological polar surface area (TPSA) is 37.3 Å². The number of aliphatic carboxylic acids is 1. The number of carboxylic acids is 1. The quantitative estimate of drug-likeness (QED) is 0.713. The van der Waals surface area contributed by atoms with Gasteiger partial charge in [0.05, 0.1) is 5.92 Å².